The second-order valence-electron chi connectivity index (χ2n) is 7.74. The molecular weight excluding hydrogens is 478 g/mol. The van der Waals surface area contributed by atoms with Crippen LogP contribution in [0.2, 0.25) is 0 Å². The summed E-state index contributed by atoms with van der Waals surface area (Å²) < 4.78 is 20.9. The predicted octanol–water partition coefficient (Wildman–Crippen LogP) is 4.73. The quantitative estimate of drug-likeness (QED) is 0.317. The van der Waals surface area contributed by atoms with Crippen molar-refractivity contribution in [2.75, 3.05) is 19.0 Å². The standard InChI is InChI=1S/C27H19N3O7/c1-34-27(33)17-6-2-3-7-18(17)28-23(31)15-37-26(32)16-10-11-19-20(14-16)30-25(22-9-5-13-36-22)24(29-19)21-8-4-12-35-21/h2-14H,15H2,1H3,(H,28,31). The molecule has 184 valence electrons. The SMILES string of the molecule is COC(=O)c1ccccc1NC(=O)COC(=O)c1ccc2nc(-c3ccco3)c(-c3ccco3)nc2c1. The van der Waals surface area contributed by atoms with Gasteiger partial charge in [0.1, 0.15) is 11.4 Å². The molecule has 0 atom stereocenters. The number of anilines is 1. The Morgan fingerprint density at radius 2 is 1.49 bits per heavy atom. The van der Waals surface area contributed by atoms with Crippen molar-refractivity contribution in [2.45, 2.75) is 0 Å². The molecule has 0 spiro atoms. The van der Waals surface area contributed by atoms with Gasteiger partial charge in [0.05, 0.1) is 47.5 Å². The van der Waals surface area contributed by atoms with Gasteiger partial charge in [-0.1, -0.05) is 12.1 Å². The fraction of sp³-hybridized carbons (Fsp3) is 0.0741. The maximum atomic E-state index is 12.7. The predicted molar refractivity (Wildman–Crippen MR) is 132 cm³/mol. The van der Waals surface area contributed by atoms with Crippen LogP contribution in [0.4, 0.5) is 5.69 Å². The second kappa shape index (κ2) is 10.2. The van der Waals surface area contributed by atoms with E-state index in [9.17, 15) is 14.4 Å². The van der Waals surface area contributed by atoms with Crippen LogP contribution in [-0.4, -0.2) is 41.5 Å². The normalized spacial score (nSPS) is 10.7. The minimum absolute atomic E-state index is 0.180. The van der Waals surface area contributed by atoms with E-state index in [1.807, 2.05) is 0 Å². The summed E-state index contributed by atoms with van der Waals surface area (Å²) in [4.78, 5) is 46.2. The fourth-order valence-electron chi connectivity index (χ4n) is 3.63. The van der Waals surface area contributed by atoms with E-state index in [1.54, 1.807) is 48.5 Å². The Balaban J connectivity index is 1.35. The number of benzene rings is 2. The molecule has 0 aliphatic heterocycles. The molecule has 0 aliphatic rings. The average Bonchev–Trinajstić information content (AvgIpc) is 3.65. The molecule has 5 rings (SSSR count). The average molecular weight is 497 g/mol. The number of nitrogens with zero attached hydrogens (tertiary/aromatic N) is 2. The number of hydrogen-bond donors (Lipinski definition) is 1. The molecule has 0 aliphatic carbocycles. The smallest absolute Gasteiger partial charge is 0.339 e. The molecule has 10 heteroatoms. The summed E-state index contributed by atoms with van der Waals surface area (Å²) in [6, 6.07) is 18.0. The van der Waals surface area contributed by atoms with Crippen molar-refractivity contribution in [2.24, 2.45) is 0 Å². The number of aromatic nitrogens is 2. The van der Waals surface area contributed by atoms with Crippen LogP contribution >= 0.6 is 0 Å². The number of furan rings is 2. The van der Waals surface area contributed by atoms with Gasteiger partial charge in [0.25, 0.3) is 5.91 Å². The molecule has 37 heavy (non-hydrogen) atoms. The van der Waals surface area contributed by atoms with Crippen LogP contribution in [0.3, 0.4) is 0 Å². The number of rotatable bonds is 7. The van der Waals surface area contributed by atoms with Crippen LogP contribution < -0.4 is 5.32 Å². The van der Waals surface area contributed by atoms with Gasteiger partial charge in [-0.25, -0.2) is 19.6 Å². The first-order valence-electron chi connectivity index (χ1n) is 11.1. The van der Waals surface area contributed by atoms with Gasteiger partial charge in [-0.3, -0.25) is 4.79 Å². The molecule has 5 aromatic rings. The minimum atomic E-state index is -0.727. The molecule has 0 fully saturated rings. The number of carbonyl (C=O) groups excluding carboxylic acids is 3. The summed E-state index contributed by atoms with van der Waals surface area (Å²) in [6.45, 7) is -0.562. The Morgan fingerprint density at radius 3 is 2.14 bits per heavy atom. The summed E-state index contributed by atoms with van der Waals surface area (Å²) in [5.41, 5.74) is 2.49. The first kappa shape index (κ1) is 23.5. The van der Waals surface area contributed by atoms with Crippen LogP contribution in [0, 0.1) is 0 Å². The maximum Gasteiger partial charge on any atom is 0.339 e. The van der Waals surface area contributed by atoms with E-state index < -0.39 is 24.5 Å². The number of carbonyl (C=O) groups is 3. The van der Waals surface area contributed by atoms with Crippen molar-refractivity contribution in [3.05, 3.63) is 90.4 Å². The lowest BCUT2D eigenvalue weighted by Crippen LogP contribution is -2.22. The summed E-state index contributed by atoms with van der Waals surface area (Å²) >= 11 is 0. The van der Waals surface area contributed by atoms with Crippen molar-refractivity contribution in [3.8, 4) is 22.9 Å². The van der Waals surface area contributed by atoms with Crippen LogP contribution in [-0.2, 0) is 14.3 Å². The second-order valence-corrected chi connectivity index (χ2v) is 7.74. The van der Waals surface area contributed by atoms with E-state index in [2.05, 4.69) is 15.3 Å². The molecule has 0 unspecified atom stereocenters. The Morgan fingerprint density at radius 1 is 0.811 bits per heavy atom. The Hall–Kier alpha value is -5.25. The highest BCUT2D eigenvalue weighted by atomic mass is 16.5. The molecular formula is C27H19N3O7. The van der Waals surface area contributed by atoms with Gasteiger partial charge in [0, 0.05) is 0 Å². The third-order valence-electron chi connectivity index (χ3n) is 5.35. The molecule has 10 nitrogen and oxygen atoms in total. The van der Waals surface area contributed by atoms with E-state index in [-0.39, 0.29) is 16.8 Å². The molecule has 0 saturated carbocycles. The highest BCUT2D eigenvalue weighted by Crippen LogP contribution is 2.31. The number of methoxy groups -OCH3 is 1. The molecule has 3 aromatic heterocycles. The summed E-state index contributed by atoms with van der Waals surface area (Å²) in [7, 11) is 1.24. The van der Waals surface area contributed by atoms with E-state index >= 15 is 0 Å². The van der Waals surface area contributed by atoms with Gasteiger partial charge < -0.3 is 23.6 Å². The minimum Gasteiger partial charge on any atom is -0.465 e. The molecule has 1 N–H and O–H groups in total. The number of amides is 1. The lowest BCUT2D eigenvalue weighted by Gasteiger charge is -2.10. The number of para-hydroxylation sites is 1. The summed E-state index contributed by atoms with van der Waals surface area (Å²) in [5.74, 6) is -0.945. The van der Waals surface area contributed by atoms with Gasteiger partial charge in [-0.05, 0) is 54.6 Å². The van der Waals surface area contributed by atoms with Crippen molar-refractivity contribution in [3.63, 3.8) is 0 Å². The van der Waals surface area contributed by atoms with Crippen LogP contribution in [0.15, 0.2) is 88.1 Å². The van der Waals surface area contributed by atoms with Crippen molar-refractivity contribution < 1.29 is 32.7 Å². The lowest BCUT2D eigenvalue weighted by molar-refractivity contribution is -0.119. The summed E-state index contributed by atoms with van der Waals surface area (Å²) in [6.07, 6.45) is 3.06. The van der Waals surface area contributed by atoms with E-state index in [4.69, 9.17) is 18.3 Å². The maximum absolute atomic E-state index is 12.7. The molecule has 0 bridgehead atoms. The zero-order chi connectivity index (χ0) is 25.8. The van der Waals surface area contributed by atoms with E-state index in [0.29, 0.717) is 33.9 Å². The Bertz CT molecular complexity index is 1590. The number of ether oxygens (including phenoxy) is 2. The van der Waals surface area contributed by atoms with Gasteiger partial charge in [0.2, 0.25) is 0 Å². The molecule has 2 aromatic carbocycles. The highest BCUT2D eigenvalue weighted by molar-refractivity contribution is 6.02. The van der Waals surface area contributed by atoms with Gasteiger partial charge in [-0.15, -0.1) is 0 Å². The number of fused-ring (bicyclic) bond motifs is 1. The topological polar surface area (TPSA) is 134 Å². The molecule has 0 radical (unpaired) electrons. The number of nitrogens with one attached hydrogen (secondary N) is 1. The Kier molecular flexibility index (Phi) is 6.45. The van der Waals surface area contributed by atoms with Crippen molar-refractivity contribution in [1.82, 2.24) is 9.97 Å². The number of esters is 2. The highest BCUT2D eigenvalue weighted by Gasteiger charge is 2.19. The first-order chi connectivity index (χ1) is 18.0. The zero-order valence-electron chi connectivity index (χ0n) is 19.5. The summed E-state index contributed by atoms with van der Waals surface area (Å²) in [5, 5.41) is 2.55. The van der Waals surface area contributed by atoms with Crippen molar-refractivity contribution >= 4 is 34.6 Å². The fourth-order valence-corrected chi connectivity index (χ4v) is 3.63. The van der Waals surface area contributed by atoms with Crippen molar-refractivity contribution in [1.29, 1.82) is 0 Å². The first-order valence-corrected chi connectivity index (χ1v) is 11.1. The Labute approximate surface area is 209 Å². The third-order valence-corrected chi connectivity index (χ3v) is 5.35. The van der Waals surface area contributed by atoms with Gasteiger partial charge >= 0.3 is 11.9 Å². The molecule has 3 heterocycles. The van der Waals surface area contributed by atoms with Gasteiger partial charge in [-0.2, -0.15) is 0 Å². The molecule has 1 amide bonds. The van der Waals surface area contributed by atoms with E-state index in [1.165, 1.54) is 37.8 Å². The largest absolute Gasteiger partial charge is 0.465 e. The molecule has 0 saturated heterocycles. The van der Waals surface area contributed by atoms with Crippen LogP contribution in [0.5, 0.6) is 0 Å². The van der Waals surface area contributed by atoms with Gasteiger partial charge in [0.15, 0.2) is 18.1 Å². The van der Waals surface area contributed by atoms with Crippen LogP contribution in [0.25, 0.3) is 33.9 Å². The monoisotopic (exact) mass is 497 g/mol. The van der Waals surface area contributed by atoms with E-state index in [0.717, 1.165) is 0 Å². The van der Waals surface area contributed by atoms with Crippen LogP contribution in [0.1, 0.15) is 20.7 Å². The lowest BCUT2D eigenvalue weighted by atomic mass is 10.1. The number of hydrogen-bond acceptors (Lipinski definition) is 9. The third kappa shape index (κ3) is 4.94. The zero-order valence-corrected chi connectivity index (χ0v) is 19.5.